The molecule has 2 heteroatoms. The van der Waals surface area contributed by atoms with Crippen molar-refractivity contribution >= 4 is 0 Å². The summed E-state index contributed by atoms with van der Waals surface area (Å²) in [5.41, 5.74) is 0. The smallest absolute Gasteiger partial charge is 0.163 e. The zero-order chi connectivity index (χ0) is 9.76. The zero-order valence-electron chi connectivity index (χ0n) is 8.90. The van der Waals surface area contributed by atoms with E-state index in [2.05, 4.69) is 12.2 Å². The maximum Gasteiger partial charge on any atom is 0.163 e. The molecule has 1 aliphatic heterocycles. The van der Waals surface area contributed by atoms with Crippen molar-refractivity contribution in [3.8, 4) is 0 Å². The second-order valence-electron chi connectivity index (χ2n) is 5.31. The molecule has 2 bridgehead atoms. The van der Waals surface area contributed by atoms with Gasteiger partial charge >= 0.3 is 0 Å². The molecule has 0 amide bonds. The first kappa shape index (κ1) is 8.93. The van der Waals surface area contributed by atoms with Gasteiger partial charge in [-0.25, -0.2) is 0 Å². The Hall–Kier alpha value is -0.340. The van der Waals surface area contributed by atoms with Crippen molar-refractivity contribution in [3.63, 3.8) is 0 Å². The summed E-state index contributed by atoms with van der Waals surface area (Å²) in [7, 11) is 0. The standard InChI is InChI=1S/C12H18O2/c1-12(2)13-7-11(14-12)10-6-8-3-4-9(10)5-8/h3-4,8-11H,5-7H2,1-2H3/t8?,9?,10?,11-/m1/s1. The van der Waals surface area contributed by atoms with Crippen LogP contribution in [0.25, 0.3) is 0 Å². The predicted octanol–water partition coefficient (Wildman–Crippen LogP) is 2.35. The van der Waals surface area contributed by atoms with Crippen LogP contribution in [0.2, 0.25) is 0 Å². The monoisotopic (exact) mass is 194 g/mol. The van der Waals surface area contributed by atoms with E-state index in [0.717, 1.165) is 18.4 Å². The predicted molar refractivity (Wildman–Crippen MR) is 53.7 cm³/mol. The summed E-state index contributed by atoms with van der Waals surface area (Å²) in [6, 6.07) is 0. The van der Waals surface area contributed by atoms with Crippen molar-refractivity contribution in [2.24, 2.45) is 17.8 Å². The average molecular weight is 194 g/mol. The van der Waals surface area contributed by atoms with Crippen LogP contribution >= 0.6 is 0 Å². The molecule has 78 valence electrons. The van der Waals surface area contributed by atoms with E-state index in [1.807, 2.05) is 13.8 Å². The van der Waals surface area contributed by atoms with Gasteiger partial charge in [0.1, 0.15) is 0 Å². The van der Waals surface area contributed by atoms with Gasteiger partial charge in [-0.1, -0.05) is 12.2 Å². The van der Waals surface area contributed by atoms with Crippen molar-refractivity contribution in [1.82, 2.24) is 0 Å². The first-order chi connectivity index (χ1) is 6.64. The maximum absolute atomic E-state index is 5.93. The molecule has 14 heavy (non-hydrogen) atoms. The topological polar surface area (TPSA) is 18.5 Å². The van der Waals surface area contributed by atoms with Gasteiger partial charge in [0, 0.05) is 0 Å². The van der Waals surface area contributed by atoms with Crippen molar-refractivity contribution in [1.29, 1.82) is 0 Å². The van der Waals surface area contributed by atoms with Crippen LogP contribution in [0, 0.1) is 17.8 Å². The Labute approximate surface area is 85.3 Å². The molecule has 4 atom stereocenters. The molecule has 1 saturated heterocycles. The van der Waals surface area contributed by atoms with E-state index in [0.29, 0.717) is 12.0 Å². The van der Waals surface area contributed by atoms with E-state index in [4.69, 9.17) is 9.47 Å². The normalized spacial score (nSPS) is 49.0. The van der Waals surface area contributed by atoms with Gasteiger partial charge in [-0.2, -0.15) is 0 Å². The van der Waals surface area contributed by atoms with Crippen molar-refractivity contribution < 1.29 is 9.47 Å². The minimum absolute atomic E-state index is 0.338. The molecule has 0 aromatic rings. The summed E-state index contributed by atoms with van der Waals surface area (Å²) in [4.78, 5) is 0. The lowest BCUT2D eigenvalue weighted by Gasteiger charge is -2.25. The Kier molecular flexibility index (Phi) is 1.80. The highest BCUT2D eigenvalue weighted by atomic mass is 16.7. The number of hydrogen-bond acceptors (Lipinski definition) is 2. The van der Waals surface area contributed by atoms with Crippen LogP contribution in [-0.2, 0) is 9.47 Å². The van der Waals surface area contributed by atoms with E-state index >= 15 is 0 Å². The van der Waals surface area contributed by atoms with E-state index in [9.17, 15) is 0 Å². The van der Waals surface area contributed by atoms with Crippen LogP contribution in [-0.4, -0.2) is 18.5 Å². The SMILES string of the molecule is CC1(C)OC[C@H](C2CC3C=CC2C3)O1. The Morgan fingerprint density at radius 1 is 1.21 bits per heavy atom. The Bertz CT molecular complexity index is 269. The number of hydrogen-bond donors (Lipinski definition) is 0. The second kappa shape index (κ2) is 2.83. The molecular formula is C12H18O2. The maximum atomic E-state index is 5.93. The lowest BCUT2D eigenvalue weighted by atomic mass is 9.89. The molecule has 3 rings (SSSR count). The molecule has 1 saturated carbocycles. The molecule has 0 aromatic carbocycles. The molecule has 1 heterocycles. The minimum Gasteiger partial charge on any atom is -0.348 e. The van der Waals surface area contributed by atoms with Crippen molar-refractivity contribution in [2.75, 3.05) is 6.61 Å². The van der Waals surface area contributed by atoms with Gasteiger partial charge in [0.25, 0.3) is 0 Å². The molecule has 0 radical (unpaired) electrons. The number of rotatable bonds is 1. The fourth-order valence-corrected chi connectivity index (χ4v) is 3.18. The summed E-state index contributed by atoms with van der Waals surface area (Å²) >= 11 is 0. The van der Waals surface area contributed by atoms with Gasteiger partial charge in [-0.3, -0.25) is 0 Å². The Morgan fingerprint density at radius 2 is 2.07 bits per heavy atom. The van der Waals surface area contributed by atoms with E-state index in [1.165, 1.54) is 12.8 Å². The average Bonchev–Trinajstić information content (AvgIpc) is 2.77. The summed E-state index contributed by atoms with van der Waals surface area (Å²) in [6.45, 7) is 4.81. The molecule has 3 aliphatic rings. The molecule has 2 nitrogen and oxygen atoms in total. The highest BCUT2D eigenvalue weighted by molar-refractivity contribution is 5.11. The summed E-state index contributed by atoms with van der Waals surface area (Å²) < 4.78 is 11.6. The van der Waals surface area contributed by atoms with Crippen molar-refractivity contribution in [3.05, 3.63) is 12.2 Å². The Balaban J connectivity index is 1.71. The van der Waals surface area contributed by atoms with E-state index in [-0.39, 0.29) is 5.79 Å². The summed E-state index contributed by atoms with van der Waals surface area (Å²) in [6.07, 6.45) is 7.76. The van der Waals surface area contributed by atoms with Crippen LogP contribution in [0.5, 0.6) is 0 Å². The van der Waals surface area contributed by atoms with Crippen LogP contribution in [0.1, 0.15) is 26.7 Å². The quantitative estimate of drug-likeness (QED) is 0.596. The third kappa shape index (κ3) is 1.32. The highest BCUT2D eigenvalue weighted by Crippen LogP contribution is 2.47. The first-order valence-corrected chi connectivity index (χ1v) is 5.64. The van der Waals surface area contributed by atoms with Gasteiger partial charge in [0.2, 0.25) is 0 Å². The fourth-order valence-electron chi connectivity index (χ4n) is 3.18. The number of allylic oxidation sites excluding steroid dienone is 2. The van der Waals surface area contributed by atoms with Gasteiger partial charge in [-0.15, -0.1) is 0 Å². The van der Waals surface area contributed by atoms with E-state index < -0.39 is 0 Å². The molecule has 0 aromatic heterocycles. The Morgan fingerprint density at radius 3 is 2.57 bits per heavy atom. The molecule has 3 unspecified atom stereocenters. The third-order valence-corrected chi connectivity index (χ3v) is 3.84. The van der Waals surface area contributed by atoms with Gasteiger partial charge in [0.05, 0.1) is 12.7 Å². The lowest BCUT2D eigenvalue weighted by molar-refractivity contribution is -0.145. The molecule has 2 aliphatic carbocycles. The molecule has 0 spiro atoms. The van der Waals surface area contributed by atoms with E-state index in [1.54, 1.807) is 0 Å². The number of ether oxygens (including phenoxy) is 2. The fraction of sp³-hybridized carbons (Fsp3) is 0.833. The van der Waals surface area contributed by atoms with Gasteiger partial charge < -0.3 is 9.47 Å². The lowest BCUT2D eigenvalue weighted by Crippen LogP contribution is -2.29. The molecule has 2 fully saturated rings. The highest BCUT2D eigenvalue weighted by Gasteiger charge is 2.45. The zero-order valence-corrected chi connectivity index (χ0v) is 8.90. The third-order valence-electron chi connectivity index (χ3n) is 3.84. The van der Waals surface area contributed by atoms with Gasteiger partial charge in [-0.05, 0) is 44.4 Å². The van der Waals surface area contributed by atoms with Crippen LogP contribution in [0.15, 0.2) is 12.2 Å². The second-order valence-corrected chi connectivity index (χ2v) is 5.31. The van der Waals surface area contributed by atoms with Crippen LogP contribution in [0.4, 0.5) is 0 Å². The number of fused-ring (bicyclic) bond motifs is 2. The first-order valence-electron chi connectivity index (χ1n) is 5.64. The summed E-state index contributed by atoms with van der Waals surface area (Å²) in [5, 5.41) is 0. The molecule has 0 N–H and O–H groups in total. The minimum atomic E-state index is -0.351. The van der Waals surface area contributed by atoms with Gasteiger partial charge in [0.15, 0.2) is 5.79 Å². The largest absolute Gasteiger partial charge is 0.348 e. The van der Waals surface area contributed by atoms with Crippen LogP contribution < -0.4 is 0 Å². The molecular weight excluding hydrogens is 176 g/mol. The van der Waals surface area contributed by atoms with Crippen LogP contribution in [0.3, 0.4) is 0 Å². The summed E-state index contributed by atoms with van der Waals surface area (Å²) in [5.74, 6) is 1.96. The van der Waals surface area contributed by atoms with Crippen molar-refractivity contribution in [2.45, 2.75) is 38.6 Å².